The van der Waals surface area contributed by atoms with E-state index in [9.17, 15) is 20.3 Å². The lowest BCUT2D eigenvalue weighted by Crippen LogP contribution is -2.70. The highest BCUT2D eigenvalue weighted by atomic mass is 16.7. The Bertz CT molecular complexity index is 2650. The van der Waals surface area contributed by atoms with Crippen LogP contribution in [0.1, 0.15) is 80.9 Å². The SMILES string of the molecule is C=CCO[C@@]12Oc3ccc(Oc4ccc5ccccc5c4)cc3[C@H]3[C@H](CCCCO)[C@@H](CCCCO)C=C(C(=NOCc4ccc([N+](=O)[O-])cc4)C[C@@H]1N(CCC)C(=O)Cc1cccc(OC)c1)[C@H]32. The Kier molecular flexibility index (Phi) is 16.1. The number of fused-ring (bicyclic) bond motifs is 3. The highest BCUT2D eigenvalue weighted by Gasteiger charge is 2.65. The zero-order chi connectivity index (χ0) is 48.3. The first-order chi connectivity index (χ1) is 33.7. The minimum atomic E-state index is -1.43. The number of hydrogen-bond acceptors (Lipinski definition) is 11. The molecular formula is C56H63N3O10. The van der Waals surface area contributed by atoms with Crippen LogP contribution in [0.2, 0.25) is 0 Å². The highest BCUT2D eigenvalue weighted by Crippen LogP contribution is 2.62. The molecular weight excluding hydrogens is 875 g/mol. The Morgan fingerprint density at radius 1 is 0.899 bits per heavy atom. The number of nitro benzene ring substituents is 1. The van der Waals surface area contributed by atoms with Gasteiger partial charge in [0.1, 0.15) is 35.6 Å². The molecule has 69 heavy (non-hydrogen) atoms. The Morgan fingerprint density at radius 3 is 2.39 bits per heavy atom. The van der Waals surface area contributed by atoms with Gasteiger partial charge in [-0.05, 0) is 126 Å². The summed E-state index contributed by atoms with van der Waals surface area (Å²) >= 11 is 0. The molecule has 1 saturated carbocycles. The van der Waals surface area contributed by atoms with E-state index in [1.807, 2.05) is 78.6 Å². The van der Waals surface area contributed by atoms with Gasteiger partial charge in [0.15, 0.2) is 0 Å². The summed E-state index contributed by atoms with van der Waals surface area (Å²) in [5.41, 5.74) is 3.99. The zero-order valence-corrected chi connectivity index (χ0v) is 39.5. The van der Waals surface area contributed by atoms with Gasteiger partial charge in [-0.3, -0.25) is 14.9 Å². The number of aliphatic hydroxyl groups is 2. The molecule has 0 aromatic heterocycles. The molecule has 2 N–H and O–H groups in total. The number of carbonyl (C=O) groups excluding carboxylic acids is 1. The van der Waals surface area contributed by atoms with Crippen LogP contribution in [0.15, 0.2) is 139 Å². The second kappa shape index (κ2) is 22.7. The molecule has 1 heterocycles. The molecule has 3 aliphatic rings. The zero-order valence-electron chi connectivity index (χ0n) is 39.5. The number of ether oxygens (including phenoxy) is 4. The average molecular weight is 938 g/mol. The Morgan fingerprint density at radius 2 is 1.65 bits per heavy atom. The van der Waals surface area contributed by atoms with Crippen LogP contribution in [0.5, 0.6) is 23.0 Å². The summed E-state index contributed by atoms with van der Waals surface area (Å²) in [5, 5.41) is 38.6. The van der Waals surface area contributed by atoms with Gasteiger partial charge in [-0.2, -0.15) is 0 Å². The minimum Gasteiger partial charge on any atom is -0.497 e. The van der Waals surface area contributed by atoms with Crippen LogP contribution in [-0.4, -0.2) is 77.0 Å². The Hall–Kier alpha value is -6.54. The van der Waals surface area contributed by atoms with Gasteiger partial charge in [0.2, 0.25) is 11.7 Å². The molecule has 1 amide bonds. The lowest BCUT2D eigenvalue weighted by molar-refractivity contribution is -0.384. The summed E-state index contributed by atoms with van der Waals surface area (Å²) in [6.45, 7) is 6.85. The second-order valence-corrected chi connectivity index (χ2v) is 18.2. The number of amides is 1. The van der Waals surface area contributed by atoms with Crippen molar-refractivity contribution in [3.05, 3.63) is 160 Å². The Balaban J connectivity index is 1.30. The van der Waals surface area contributed by atoms with Crippen LogP contribution in [0.3, 0.4) is 0 Å². The maximum atomic E-state index is 15.1. The fourth-order valence-electron chi connectivity index (χ4n) is 10.7. The average Bonchev–Trinajstić information content (AvgIpc) is 3.36. The molecule has 6 atom stereocenters. The van der Waals surface area contributed by atoms with Crippen molar-refractivity contribution in [2.45, 2.75) is 89.1 Å². The van der Waals surface area contributed by atoms with Crippen molar-refractivity contribution in [1.82, 2.24) is 4.90 Å². The van der Waals surface area contributed by atoms with E-state index >= 15 is 4.79 Å². The first-order valence-electron chi connectivity index (χ1n) is 24.2. The number of oxime groups is 1. The van der Waals surface area contributed by atoms with Crippen molar-refractivity contribution in [2.75, 3.05) is 33.5 Å². The van der Waals surface area contributed by atoms with Crippen LogP contribution < -0.4 is 14.2 Å². The molecule has 362 valence electrons. The van der Waals surface area contributed by atoms with Crippen molar-refractivity contribution < 1.29 is 43.7 Å². The largest absolute Gasteiger partial charge is 0.497 e. The maximum Gasteiger partial charge on any atom is 0.269 e. The smallest absolute Gasteiger partial charge is 0.269 e. The van der Waals surface area contributed by atoms with Gasteiger partial charge in [0.25, 0.3) is 5.69 Å². The van der Waals surface area contributed by atoms with Gasteiger partial charge in [0.05, 0.1) is 36.7 Å². The third-order valence-corrected chi connectivity index (χ3v) is 13.8. The molecule has 0 unspecified atom stereocenters. The van der Waals surface area contributed by atoms with Gasteiger partial charge in [-0.25, -0.2) is 0 Å². The van der Waals surface area contributed by atoms with E-state index in [4.69, 9.17) is 28.9 Å². The van der Waals surface area contributed by atoms with E-state index in [-0.39, 0.29) is 68.6 Å². The third kappa shape index (κ3) is 10.9. The Labute approximate surface area is 404 Å². The number of carbonyl (C=O) groups is 1. The monoisotopic (exact) mass is 937 g/mol. The first kappa shape index (κ1) is 48.9. The molecule has 13 heteroatoms. The van der Waals surface area contributed by atoms with Gasteiger partial charge >= 0.3 is 0 Å². The first-order valence-corrected chi connectivity index (χ1v) is 24.2. The molecule has 8 rings (SSSR count). The van der Waals surface area contributed by atoms with E-state index in [1.54, 1.807) is 25.3 Å². The molecule has 2 aliphatic carbocycles. The van der Waals surface area contributed by atoms with Gasteiger partial charge in [-0.15, -0.1) is 6.58 Å². The van der Waals surface area contributed by atoms with Crippen LogP contribution in [0, 0.1) is 27.9 Å². The number of unbranched alkanes of at least 4 members (excludes halogenated alkanes) is 2. The number of aliphatic hydroxyl groups excluding tert-OH is 2. The second-order valence-electron chi connectivity index (χ2n) is 18.2. The standard InChI is InChI=1S/C56H63N3O10/c1-4-27-58(53(62)32-39-13-12-17-44(31-39)65-3)52-36-50(57-67-37-38-19-22-43(23-20-38)59(63)64)48-34-42(16-8-10-28-60)47(18-9-11-29-61)54-49-35-46(68-45-24-21-40-14-6-7-15-41(40)33-45)25-26-51(49)69-56(52,55(48)54)66-30-5-2/h5-7,12-15,17,19-26,31,33-35,42,47,52,54-55,60-61H,2,4,8-11,16,18,27-30,32,36-37H2,1,3H3/t42-,47+,52-,54+,55+,56+/m0/s1. The summed E-state index contributed by atoms with van der Waals surface area (Å²) in [4.78, 5) is 34.2. The predicted molar refractivity (Wildman–Crippen MR) is 266 cm³/mol. The van der Waals surface area contributed by atoms with E-state index in [2.05, 4.69) is 30.9 Å². The van der Waals surface area contributed by atoms with Crippen molar-refractivity contribution in [3.63, 3.8) is 0 Å². The molecule has 0 radical (unpaired) electrons. The van der Waals surface area contributed by atoms with E-state index in [0.29, 0.717) is 60.1 Å². The van der Waals surface area contributed by atoms with Crippen molar-refractivity contribution >= 4 is 28.1 Å². The predicted octanol–water partition coefficient (Wildman–Crippen LogP) is 10.9. The number of nitro groups is 1. The summed E-state index contributed by atoms with van der Waals surface area (Å²) < 4.78 is 26.8. The van der Waals surface area contributed by atoms with Gasteiger partial charge < -0.3 is 38.9 Å². The number of benzene rings is 5. The van der Waals surface area contributed by atoms with Gasteiger partial charge in [-0.1, -0.05) is 79.5 Å². The van der Waals surface area contributed by atoms with Crippen molar-refractivity contribution in [1.29, 1.82) is 0 Å². The van der Waals surface area contributed by atoms with Gasteiger partial charge in [0, 0.05) is 49.8 Å². The van der Waals surface area contributed by atoms with Crippen LogP contribution in [0.25, 0.3) is 10.8 Å². The normalized spacial score (nSPS) is 21.9. The lowest BCUT2D eigenvalue weighted by Gasteiger charge is -2.60. The summed E-state index contributed by atoms with van der Waals surface area (Å²) in [6, 6.07) is 33.2. The van der Waals surface area contributed by atoms with Crippen LogP contribution in [0.4, 0.5) is 5.69 Å². The quantitative estimate of drug-likeness (QED) is 0.0279. The maximum absolute atomic E-state index is 15.1. The number of nitrogens with zero attached hydrogens (tertiary/aromatic N) is 3. The van der Waals surface area contributed by atoms with E-state index in [0.717, 1.165) is 53.2 Å². The molecule has 5 aromatic rings. The third-order valence-electron chi connectivity index (χ3n) is 13.8. The number of rotatable bonds is 23. The van der Waals surface area contributed by atoms with Crippen molar-refractivity contribution in [2.24, 2.45) is 22.9 Å². The molecule has 13 nitrogen and oxygen atoms in total. The molecule has 5 aromatic carbocycles. The van der Waals surface area contributed by atoms with Crippen LogP contribution >= 0.6 is 0 Å². The van der Waals surface area contributed by atoms with Crippen molar-refractivity contribution in [3.8, 4) is 23.0 Å². The lowest BCUT2D eigenvalue weighted by atomic mass is 9.55. The highest BCUT2D eigenvalue weighted by molar-refractivity contribution is 6.03. The fraction of sp³-hybridized carbons (Fsp3) is 0.393. The number of non-ortho nitro benzene ring substituents is 1. The molecule has 1 aliphatic heterocycles. The number of hydrogen-bond donors (Lipinski definition) is 2. The van der Waals surface area contributed by atoms with E-state index in [1.165, 1.54) is 12.1 Å². The summed E-state index contributed by atoms with van der Waals surface area (Å²) in [6.07, 6.45) is 9.43. The van der Waals surface area contributed by atoms with E-state index < -0.39 is 22.7 Å². The number of allylic oxidation sites excluding steroid dienone is 1. The molecule has 1 fully saturated rings. The number of methoxy groups -OCH3 is 1. The minimum absolute atomic E-state index is 0.0161. The van der Waals surface area contributed by atoms with Crippen LogP contribution in [-0.2, 0) is 27.4 Å². The summed E-state index contributed by atoms with van der Waals surface area (Å²) in [7, 11) is 1.61. The topological polar surface area (TPSA) is 162 Å². The molecule has 0 bridgehead atoms. The fourth-order valence-corrected chi connectivity index (χ4v) is 10.7. The molecule has 0 spiro atoms. The molecule has 0 saturated heterocycles. The summed E-state index contributed by atoms with van der Waals surface area (Å²) in [5.74, 6) is 0.351.